The van der Waals surface area contributed by atoms with Crippen LogP contribution in [0.4, 0.5) is 0 Å². The topological polar surface area (TPSA) is 35.0 Å². The SMILES string of the molecule is c1ccc(COc2ccc(-c3ccncc3)c3cccnc23)cc1. The molecule has 0 amide bonds. The van der Waals surface area contributed by atoms with E-state index in [-0.39, 0.29) is 0 Å². The Morgan fingerprint density at radius 1 is 0.750 bits per heavy atom. The molecule has 4 rings (SSSR count). The van der Waals surface area contributed by atoms with Crippen LogP contribution in [0.3, 0.4) is 0 Å². The van der Waals surface area contributed by atoms with Gasteiger partial charge in [-0.25, -0.2) is 0 Å². The van der Waals surface area contributed by atoms with Gasteiger partial charge < -0.3 is 4.74 Å². The standard InChI is InChI=1S/C21H16N2O/c1-2-5-16(6-3-1)15-24-20-9-8-18(17-10-13-22-14-11-17)19-7-4-12-23-21(19)20/h1-14H,15H2. The van der Waals surface area contributed by atoms with Crippen LogP contribution in [-0.2, 0) is 6.61 Å². The average molecular weight is 312 g/mol. The van der Waals surface area contributed by atoms with E-state index in [0.717, 1.165) is 33.3 Å². The molecule has 0 N–H and O–H groups in total. The van der Waals surface area contributed by atoms with Gasteiger partial charge in [-0.05, 0) is 47.0 Å². The molecule has 3 nitrogen and oxygen atoms in total. The van der Waals surface area contributed by atoms with Gasteiger partial charge in [0.15, 0.2) is 0 Å². The maximum Gasteiger partial charge on any atom is 0.146 e. The molecule has 0 unspecified atom stereocenters. The van der Waals surface area contributed by atoms with Gasteiger partial charge in [-0.3, -0.25) is 9.97 Å². The van der Waals surface area contributed by atoms with Crippen LogP contribution in [0, 0.1) is 0 Å². The van der Waals surface area contributed by atoms with Gasteiger partial charge in [-0.1, -0.05) is 36.4 Å². The van der Waals surface area contributed by atoms with Crippen molar-refractivity contribution < 1.29 is 4.74 Å². The lowest BCUT2D eigenvalue weighted by Crippen LogP contribution is -1.97. The highest BCUT2D eigenvalue weighted by Gasteiger charge is 2.09. The summed E-state index contributed by atoms with van der Waals surface area (Å²) in [6.07, 6.45) is 5.41. The van der Waals surface area contributed by atoms with E-state index in [0.29, 0.717) is 6.61 Å². The number of fused-ring (bicyclic) bond motifs is 1. The lowest BCUT2D eigenvalue weighted by molar-refractivity contribution is 0.309. The summed E-state index contributed by atoms with van der Waals surface area (Å²) in [6, 6.07) is 22.3. The first kappa shape index (κ1) is 14.4. The minimum Gasteiger partial charge on any atom is -0.487 e. The predicted molar refractivity (Wildman–Crippen MR) is 95.7 cm³/mol. The molecule has 0 saturated carbocycles. The largest absolute Gasteiger partial charge is 0.487 e. The van der Waals surface area contributed by atoms with Gasteiger partial charge in [0.2, 0.25) is 0 Å². The summed E-state index contributed by atoms with van der Waals surface area (Å²) in [4.78, 5) is 8.63. The van der Waals surface area contributed by atoms with E-state index in [1.165, 1.54) is 0 Å². The molecular formula is C21H16N2O. The third-order valence-electron chi connectivity index (χ3n) is 3.96. The molecule has 24 heavy (non-hydrogen) atoms. The second-order valence-electron chi connectivity index (χ2n) is 5.52. The zero-order valence-corrected chi connectivity index (χ0v) is 13.1. The highest BCUT2D eigenvalue weighted by Crippen LogP contribution is 2.33. The first-order valence-electron chi connectivity index (χ1n) is 7.87. The summed E-state index contributed by atoms with van der Waals surface area (Å²) in [5, 5.41) is 1.08. The number of aromatic nitrogens is 2. The second-order valence-corrected chi connectivity index (χ2v) is 5.52. The summed E-state index contributed by atoms with van der Waals surface area (Å²) in [7, 11) is 0. The van der Waals surface area contributed by atoms with E-state index >= 15 is 0 Å². The van der Waals surface area contributed by atoms with Crippen molar-refractivity contribution in [1.29, 1.82) is 0 Å². The van der Waals surface area contributed by atoms with Crippen LogP contribution in [0.1, 0.15) is 5.56 Å². The van der Waals surface area contributed by atoms with Gasteiger partial charge in [-0.2, -0.15) is 0 Å². The highest BCUT2D eigenvalue weighted by atomic mass is 16.5. The van der Waals surface area contributed by atoms with E-state index in [1.807, 2.05) is 42.5 Å². The highest BCUT2D eigenvalue weighted by molar-refractivity contribution is 5.97. The predicted octanol–water partition coefficient (Wildman–Crippen LogP) is 4.88. The molecule has 2 aromatic carbocycles. The van der Waals surface area contributed by atoms with Gasteiger partial charge in [0.05, 0.1) is 0 Å². The van der Waals surface area contributed by atoms with E-state index in [4.69, 9.17) is 4.74 Å². The molecule has 0 fully saturated rings. The first-order valence-corrected chi connectivity index (χ1v) is 7.87. The Morgan fingerprint density at radius 2 is 1.58 bits per heavy atom. The molecule has 0 aliphatic heterocycles. The monoisotopic (exact) mass is 312 g/mol. The van der Waals surface area contributed by atoms with Crippen LogP contribution in [0.15, 0.2) is 85.3 Å². The van der Waals surface area contributed by atoms with Crippen LogP contribution < -0.4 is 4.74 Å². The smallest absolute Gasteiger partial charge is 0.146 e. The molecule has 0 atom stereocenters. The van der Waals surface area contributed by atoms with Crippen molar-refractivity contribution >= 4 is 10.9 Å². The van der Waals surface area contributed by atoms with Crippen molar-refractivity contribution in [3.63, 3.8) is 0 Å². The Hall–Kier alpha value is -3.20. The Kier molecular flexibility index (Phi) is 3.90. The Bertz CT molecular complexity index is 953. The number of rotatable bonds is 4. The third-order valence-corrected chi connectivity index (χ3v) is 3.96. The zero-order valence-electron chi connectivity index (χ0n) is 13.1. The van der Waals surface area contributed by atoms with E-state index in [9.17, 15) is 0 Å². The molecule has 3 heteroatoms. The number of ether oxygens (including phenoxy) is 1. The van der Waals surface area contributed by atoms with Gasteiger partial charge >= 0.3 is 0 Å². The van der Waals surface area contributed by atoms with Crippen molar-refractivity contribution in [1.82, 2.24) is 9.97 Å². The lowest BCUT2D eigenvalue weighted by Gasteiger charge is -2.12. The molecular weight excluding hydrogens is 296 g/mol. The second kappa shape index (κ2) is 6.50. The van der Waals surface area contributed by atoms with Gasteiger partial charge in [-0.15, -0.1) is 0 Å². The molecule has 0 bridgehead atoms. The minimum atomic E-state index is 0.529. The maximum absolute atomic E-state index is 6.02. The zero-order chi connectivity index (χ0) is 16.2. The molecule has 0 aliphatic rings. The number of pyridine rings is 2. The van der Waals surface area contributed by atoms with Crippen LogP contribution in [0.25, 0.3) is 22.0 Å². The normalized spacial score (nSPS) is 10.7. The fraction of sp³-hybridized carbons (Fsp3) is 0.0476. The Balaban J connectivity index is 1.73. The van der Waals surface area contributed by atoms with Gasteiger partial charge in [0.25, 0.3) is 0 Å². The summed E-state index contributed by atoms with van der Waals surface area (Å²) < 4.78 is 6.02. The van der Waals surface area contributed by atoms with Crippen molar-refractivity contribution in [2.24, 2.45) is 0 Å². The molecule has 2 aromatic heterocycles. The quantitative estimate of drug-likeness (QED) is 0.539. The molecule has 0 saturated heterocycles. The molecule has 0 spiro atoms. The maximum atomic E-state index is 6.02. The fourth-order valence-corrected chi connectivity index (χ4v) is 2.78. The summed E-state index contributed by atoms with van der Waals surface area (Å²) in [5.74, 6) is 0.798. The summed E-state index contributed by atoms with van der Waals surface area (Å²) in [5.41, 5.74) is 4.27. The van der Waals surface area contributed by atoms with Crippen molar-refractivity contribution in [2.75, 3.05) is 0 Å². The summed E-state index contributed by atoms with van der Waals surface area (Å²) >= 11 is 0. The third kappa shape index (κ3) is 2.84. The fourth-order valence-electron chi connectivity index (χ4n) is 2.78. The number of benzene rings is 2. The van der Waals surface area contributed by atoms with Gasteiger partial charge in [0.1, 0.15) is 17.9 Å². The van der Waals surface area contributed by atoms with Crippen LogP contribution in [0.5, 0.6) is 5.75 Å². The van der Waals surface area contributed by atoms with Crippen molar-refractivity contribution in [3.8, 4) is 16.9 Å². The van der Waals surface area contributed by atoms with Crippen LogP contribution in [0.2, 0.25) is 0 Å². The Morgan fingerprint density at radius 3 is 2.42 bits per heavy atom. The molecule has 4 aromatic rings. The molecule has 2 heterocycles. The molecule has 0 radical (unpaired) electrons. The van der Waals surface area contributed by atoms with Crippen molar-refractivity contribution in [3.05, 3.63) is 90.9 Å². The van der Waals surface area contributed by atoms with E-state index < -0.39 is 0 Å². The summed E-state index contributed by atoms with van der Waals surface area (Å²) in [6.45, 7) is 0.529. The lowest BCUT2D eigenvalue weighted by atomic mass is 10.0. The van der Waals surface area contributed by atoms with E-state index in [2.05, 4.69) is 34.2 Å². The minimum absolute atomic E-state index is 0.529. The first-order chi connectivity index (χ1) is 11.9. The number of hydrogen-bond acceptors (Lipinski definition) is 3. The van der Waals surface area contributed by atoms with Crippen LogP contribution >= 0.6 is 0 Å². The number of nitrogens with zero attached hydrogens (tertiary/aromatic N) is 2. The van der Waals surface area contributed by atoms with Crippen molar-refractivity contribution in [2.45, 2.75) is 6.61 Å². The Labute approximate surface area is 140 Å². The number of hydrogen-bond donors (Lipinski definition) is 0. The van der Waals surface area contributed by atoms with Gasteiger partial charge in [0, 0.05) is 24.0 Å². The van der Waals surface area contributed by atoms with Crippen LogP contribution in [-0.4, -0.2) is 9.97 Å². The molecule has 0 aliphatic carbocycles. The molecule has 116 valence electrons. The van der Waals surface area contributed by atoms with E-state index in [1.54, 1.807) is 18.6 Å². The average Bonchev–Trinajstić information content (AvgIpc) is 2.67.